The van der Waals surface area contributed by atoms with Crippen LogP contribution < -0.4 is 5.32 Å². The lowest BCUT2D eigenvalue weighted by molar-refractivity contribution is -0.0263. The molecule has 0 aromatic rings. The molecular formula is C17H33N3O3. The molecule has 2 fully saturated rings. The second-order valence-corrected chi connectivity index (χ2v) is 8.40. The van der Waals surface area contributed by atoms with Crippen LogP contribution in [0.1, 0.15) is 41.5 Å². The van der Waals surface area contributed by atoms with Crippen molar-refractivity contribution in [2.24, 2.45) is 0 Å². The van der Waals surface area contributed by atoms with Gasteiger partial charge in [-0.15, -0.1) is 0 Å². The summed E-state index contributed by atoms with van der Waals surface area (Å²) < 4.78 is 11.1. The number of hydrogen-bond donors (Lipinski definition) is 1. The molecule has 0 aliphatic carbocycles. The van der Waals surface area contributed by atoms with E-state index in [1.54, 1.807) is 0 Å². The standard InChI is InChI=1S/C17H33N3O3/c1-13-11-22-8-7-19(13)9-14-10-20(17(5,6)12-18-14)15(21)23-16(2,3)4/h13-14,18H,7-12H2,1-6H3/t13-,14+/m1/s1. The molecule has 2 heterocycles. The van der Waals surface area contributed by atoms with Gasteiger partial charge in [0.1, 0.15) is 5.60 Å². The van der Waals surface area contributed by atoms with Crippen molar-refractivity contribution in [3.05, 3.63) is 0 Å². The fraction of sp³-hybridized carbons (Fsp3) is 0.941. The van der Waals surface area contributed by atoms with E-state index < -0.39 is 5.60 Å². The van der Waals surface area contributed by atoms with Crippen LogP contribution in [0, 0.1) is 0 Å². The number of nitrogens with one attached hydrogen (secondary N) is 1. The molecule has 0 unspecified atom stereocenters. The van der Waals surface area contributed by atoms with Crippen molar-refractivity contribution in [1.82, 2.24) is 15.1 Å². The first kappa shape index (κ1) is 18.5. The van der Waals surface area contributed by atoms with Crippen molar-refractivity contribution in [2.75, 3.05) is 39.4 Å². The maximum Gasteiger partial charge on any atom is 0.410 e. The minimum Gasteiger partial charge on any atom is -0.444 e. The van der Waals surface area contributed by atoms with Crippen LogP contribution >= 0.6 is 0 Å². The van der Waals surface area contributed by atoms with Crippen LogP contribution in [0.2, 0.25) is 0 Å². The predicted octanol–water partition coefficient (Wildman–Crippen LogP) is 1.69. The minimum atomic E-state index is -0.466. The second kappa shape index (κ2) is 6.95. The SMILES string of the molecule is C[C@@H]1COCCN1C[C@H]1CN(C(=O)OC(C)(C)C)C(C)(C)CN1. The van der Waals surface area contributed by atoms with E-state index in [2.05, 4.69) is 31.0 Å². The molecule has 0 spiro atoms. The summed E-state index contributed by atoms with van der Waals surface area (Å²) in [5.41, 5.74) is -0.707. The van der Waals surface area contributed by atoms with Crippen molar-refractivity contribution >= 4 is 6.09 Å². The Hall–Kier alpha value is -0.850. The third-order valence-electron chi connectivity index (χ3n) is 4.53. The molecule has 0 saturated carbocycles. The van der Waals surface area contributed by atoms with Crippen LogP contribution in [0.3, 0.4) is 0 Å². The average molecular weight is 327 g/mol. The smallest absolute Gasteiger partial charge is 0.410 e. The number of carbonyl (C=O) groups excluding carboxylic acids is 1. The van der Waals surface area contributed by atoms with E-state index in [9.17, 15) is 4.79 Å². The summed E-state index contributed by atoms with van der Waals surface area (Å²) in [5, 5.41) is 3.59. The molecule has 1 N–H and O–H groups in total. The first-order valence-corrected chi connectivity index (χ1v) is 8.64. The average Bonchev–Trinajstić information content (AvgIpc) is 2.41. The van der Waals surface area contributed by atoms with Crippen molar-refractivity contribution in [2.45, 2.75) is 64.8 Å². The summed E-state index contributed by atoms with van der Waals surface area (Å²) in [5.74, 6) is 0. The van der Waals surface area contributed by atoms with E-state index in [4.69, 9.17) is 9.47 Å². The van der Waals surface area contributed by atoms with E-state index in [0.29, 0.717) is 12.6 Å². The van der Waals surface area contributed by atoms with Crippen LogP contribution in [0.4, 0.5) is 4.79 Å². The number of rotatable bonds is 2. The molecule has 2 aliphatic heterocycles. The first-order chi connectivity index (χ1) is 10.6. The molecule has 6 nitrogen and oxygen atoms in total. The van der Waals surface area contributed by atoms with Gasteiger partial charge >= 0.3 is 6.09 Å². The summed E-state index contributed by atoms with van der Waals surface area (Å²) in [6, 6.07) is 0.687. The Bertz CT molecular complexity index is 420. The fourth-order valence-electron chi connectivity index (χ4n) is 3.10. The number of carbonyl (C=O) groups is 1. The number of ether oxygens (including phenoxy) is 2. The van der Waals surface area contributed by atoms with E-state index in [0.717, 1.165) is 32.8 Å². The Labute approximate surface area is 140 Å². The molecule has 0 radical (unpaired) electrons. The maximum atomic E-state index is 12.6. The van der Waals surface area contributed by atoms with E-state index in [-0.39, 0.29) is 17.7 Å². The third-order valence-corrected chi connectivity index (χ3v) is 4.53. The summed E-state index contributed by atoms with van der Waals surface area (Å²) in [7, 11) is 0. The number of morpholine rings is 1. The summed E-state index contributed by atoms with van der Waals surface area (Å²) in [6.07, 6.45) is -0.218. The Morgan fingerprint density at radius 2 is 2.09 bits per heavy atom. The van der Waals surface area contributed by atoms with Gasteiger partial charge in [-0.25, -0.2) is 4.79 Å². The number of nitrogens with zero attached hydrogens (tertiary/aromatic N) is 2. The van der Waals surface area contributed by atoms with Crippen LogP contribution in [-0.2, 0) is 9.47 Å². The summed E-state index contributed by atoms with van der Waals surface area (Å²) in [6.45, 7) is 17.0. The topological polar surface area (TPSA) is 54.0 Å². The van der Waals surface area contributed by atoms with Gasteiger partial charge in [-0.2, -0.15) is 0 Å². The van der Waals surface area contributed by atoms with Crippen molar-refractivity contribution in [3.8, 4) is 0 Å². The lowest BCUT2D eigenvalue weighted by Crippen LogP contribution is -2.66. The van der Waals surface area contributed by atoms with Gasteiger partial charge in [0.15, 0.2) is 0 Å². The summed E-state index contributed by atoms with van der Waals surface area (Å²) in [4.78, 5) is 16.9. The van der Waals surface area contributed by atoms with E-state index in [1.165, 1.54) is 0 Å². The van der Waals surface area contributed by atoms with Crippen LogP contribution in [-0.4, -0.2) is 78.5 Å². The molecule has 0 aromatic carbocycles. The highest BCUT2D eigenvalue weighted by atomic mass is 16.6. The van der Waals surface area contributed by atoms with Gasteiger partial charge in [0.25, 0.3) is 0 Å². The van der Waals surface area contributed by atoms with Gasteiger partial charge in [-0.3, -0.25) is 4.90 Å². The quantitative estimate of drug-likeness (QED) is 0.836. The minimum absolute atomic E-state index is 0.218. The third kappa shape index (κ3) is 5.06. The molecule has 6 heteroatoms. The molecule has 0 bridgehead atoms. The Morgan fingerprint density at radius 3 is 2.70 bits per heavy atom. The number of hydrogen-bond acceptors (Lipinski definition) is 5. The van der Waals surface area contributed by atoms with Gasteiger partial charge in [0.05, 0.1) is 18.8 Å². The molecule has 1 amide bonds. The van der Waals surface area contributed by atoms with E-state index in [1.807, 2.05) is 25.7 Å². The van der Waals surface area contributed by atoms with Crippen molar-refractivity contribution in [1.29, 1.82) is 0 Å². The Morgan fingerprint density at radius 1 is 1.39 bits per heavy atom. The zero-order chi connectivity index (χ0) is 17.3. The highest BCUT2D eigenvalue weighted by Crippen LogP contribution is 2.23. The van der Waals surface area contributed by atoms with Crippen molar-refractivity contribution in [3.63, 3.8) is 0 Å². The Balaban J connectivity index is 1.98. The predicted molar refractivity (Wildman–Crippen MR) is 90.7 cm³/mol. The van der Waals surface area contributed by atoms with Crippen molar-refractivity contribution < 1.29 is 14.3 Å². The molecule has 2 rings (SSSR count). The maximum absolute atomic E-state index is 12.6. The molecule has 134 valence electrons. The lowest BCUT2D eigenvalue weighted by Gasteiger charge is -2.47. The zero-order valence-electron chi connectivity index (χ0n) is 15.5. The highest BCUT2D eigenvalue weighted by molar-refractivity contribution is 5.69. The van der Waals surface area contributed by atoms with E-state index >= 15 is 0 Å². The first-order valence-electron chi connectivity index (χ1n) is 8.64. The molecule has 0 aromatic heterocycles. The molecule has 2 aliphatic rings. The van der Waals surface area contributed by atoms with Gasteiger partial charge in [-0.05, 0) is 41.5 Å². The fourth-order valence-corrected chi connectivity index (χ4v) is 3.10. The second-order valence-electron chi connectivity index (χ2n) is 8.40. The number of piperazine rings is 1. The number of amides is 1. The normalized spacial score (nSPS) is 29.4. The monoisotopic (exact) mass is 327 g/mol. The molecule has 2 atom stereocenters. The highest BCUT2D eigenvalue weighted by Gasteiger charge is 2.40. The zero-order valence-corrected chi connectivity index (χ0v) is 15.5. The molecule has 23 heavy (non-hydrogen) atoms. The van der Waals surface area contributed by atoms with Crippen LogP contribution in [0.25, 0.3) is 0 Å². The van der Waals surface area contributed by atoms with Gasteiger partial charge in [-0.1, -0.05) is 0 Å². The van der Waals surface area contributed by atoms with Gasteiger partial charge in [0, 0.05) is 38.3 Å². The van der Waals surface area contributed by atoms with Crippen LogP contribution in [0.15, 0.2) is 0 Å². The summed E-state index contributed by atoms with van der Waals surface area (Å²) >= 11 is 0. The van der Waals surface area contributed by atoms with Crippen LogP contribution in [0.5, 0.6) is 0 Å². The Kier molecular flexibility index (Phi) is 5.59. The molecular weight excluding hydrogens is 294 g/mol. The largest absolute Gasteiger partial charge is 0.444 e. The van der Waals surface area contributed by atoms with Gasteiger partial charge in [0.2, 0.25) is 0 Å². The molecule has 2 saturated heterocycles. The van der Waals surface area contributed by atoms with Gasteiger partial charge < -0.3 is 19.7 Å². The lowest BCUT2D eigenvalue weighted by atomic mass is 9.97.